The van der Waals surface area contributed by atoms with Crippen LogP contribution in [0.15, 0.2) is 0 Å². The Labute approximate surface area is 50.1 Å². The third kappa shape index (κ3) is 3.42. The molecule has 0 bridgehead atoms. The summed E-state index contributed by atoms with van der Waals surface area (Å²) in [5, 5.41) is 0. The van der Waals surface area contributed by atoms with Crippen molar-refractivity contribution in [3.05, 3.63) is 0 Å². The van der Waals surface area contributed by atoms with Gasteiger partial charge in [0.25, 0.3) is 0 Å². The second-order valence-corrected chi connectivity index (χ2v) is 1.92. The van der Waals surface area contributed by atoms with Gasteiger partial charge < -0.3 is 4.79 Å². The summed E-state index contributed by atoms with van der Waals surface area (Å²) in [5.74, 6) is 2.85. The monoisotopic (exact) mass is 110 g/mol. The molecule has 0 aromatic rings. The molecule has 1 nitrogen and oxygen atoms in total. The molecular weight excluding hydrogens is 100 g/mol. The largest absolute Gasteiger partial charge is 0.303 e. The molecule has 0 radical (unpaired) electrons. The van der Waals surface area contributed by atoms with Crippen LogP contribution in [0.4, 0.5) is 0 Å². The van der Waals surface area contributed by atoms with E-state index in [1.165, 1.54) is 0 Å². The molecule has 8 heavy (non-hydrogen) atoms. The summed E-state index contributed by atoms with van der Waals surface area (Å²) >= 11 is 0. The maximum absolute atomic E-state index is 9.82. The lowest BCUT2D eigenvalue weighted by molar-refractivity contribution is -0.108. The molecule has 0 N–H and O–H groups in total. The van der Waals surface area contributed by atoms with Gasteiger partial charge in [-0.05, 0) is 5.92 Å². The Bertz CT molecular complexity index is 99.4. The van der Waals surface area contributed by atoms with Crippen molar-refractivity contribution in [3.63, 3.8) is 0 Å². The summed E-state index contributed by atoms with van der Waals surface area (Å²) in [5.41, 5.74) is 0. The number of rotatable bonds is 3. The molecule has 44 valence electrons. The summed E-state index contributed by atoms with van der Waals surface area (Å²) in [7, 11) is 0. The summed E-state index contributed by atoms with van der Waals surface area (Å²) in [6.07, 6.45) is 7.19. The van der Waals surface area contributed by atoms with Crippen LogP contribution in [-0.2, 0) is 4.79 Å². The molecule has 1 heteroatoms. The first-order chi connectivity index (χ1) is 3.81. The van der Waals surface area contributed by atoms with Crippen molar-refractivity contribution >= 4 is 6.29 Å². The Hall–Kier alpha value is -0.770. The van der Waals surface area contributed by atoms with E-state index in [2.05, 4.69) is 5.92 Å². The standard InChI is InChI=1S/C7H10O/c1-3-4-7(2)5-6-8/h1,6-7H,4-5H2,2H3. The topological polar surface area (TPSA) is 17.1 Å². The predicted molar refractivity (Wildman–Crippen MR) is 33.3 cm³/mol. The maximum atomic E-state index is 9.82. The molecule has 0 aromatic heterocycles. The molecular formula is C7H10O. The summed E-state index contributed by atoms with van der Waals surface area (Å²) < 4.78 is 0. The van der Waals surface area contributed by atoms with Crippen LogP contribution in [0.2, 0.25) is 0 Å². The molecule has 1 unspecified atom stereocenters. The molecule has 1 atom stereocenters. The highest BCUT2D eigenvalue weighted by Gasteiger charge is 1.95. The lowest BCUT2D eigenvalue weighted by atomic mass is 10.1. The average molecular weight is 110 g/mol. The zero-order chi connectivity index (χ0) is 6.41. The molecule has 0 aromatic carbocycles. The van der Waals surface area contributed by atoms with E-state index in [9.17, 15) is 4.79 Å². The van der Waals surface area contributed by atoms with E-state index in [0.29, 0.717) is 18.8 Å². The van der Waals surface area contributed by atoms with Crippen molar-refractivity contribution in [2.75, 3.05) is 0 Å². The van der Waals surface area contributed by atoms with Crippen LogP contribution < -0.4 is 0 Å². The summed E-state index contributed by atoms with van der Waals surface area (Å²) in [6.45, 7) is 1.97. The number of aldehydes is 1. The Morgan fingerprint density at radius 2 is 2.50 bits per heavy atom. The van der Waals surface area contributed by atoms with Gasteiger partial charge in [0, 0.05) is 12.8 Å². The van der Waals surface area contributed by atoms with Gasteiger partial charge in [-0.25, -0.2) is 0 Å². The van der Waals surface area contributed by atoms with Crippen LogP contribution in [-0.4, -0.2) is 6.29 Å². The molecule has 0 aliphatic rings. The predicted octanol–water partition coefficient (Wildman–Crippen LogP) is 1.23. The second-order valence-electron chi connectivity index (χ2n) is 1.92. The minimum Gasteiger partial charge on any atom is -0.303 e. The molecule has 0 aliphatic heterocycles. The van der Waals surface area contributed by atoms with Crippen molar-refractivity contribution in [1.82, 2.24) is 0 Å². The molecule has 0 aliphatic carbocycles. The highest BCUT2D eigenvalue weighted by Crippen LogP contribution is 2.02. The van der Waals surface area contributed by atoms with Crippen molar-refractivity contribution in [2.45, 2.75) is 19.8 Å². The van der Waals surface area contributed by atoms with Gasteiger partial charge in [-0.3, -0.25) is 0 Å². The molecule has 0 amide bonds. The minimum absolute atomic E-state index is 0.359. The maximum Gasteiger partial charge on any atom is 0.120 e. The Morgan fingerprint density at radius 1 is 1.88 bits per heavy atom. The van der Waals surface area contributed by atoms with Crippen LogP contribution in [0.25, 0.3) is 0 Å². The number of hydrogen-bond acceptors (Lipinski definition) is 1. The minimum atomic E-state index is 0.359. The fraction of sp³-hybridized carbons (Fsp3) is 0.571. The highest BCUT2D eigenvalue weighted by molar-refractivity contribution is 5.49. The van der Waals surface area contributed by atoms with E-state index >= 15 is 0 Å². The van der Waals surface area contributed by atoms with E-state index in [0.717, 1.165) is 6.29 Å². The molecule has 0 saturated heterocycles. The zero-order valence-electron chi connectivity index (χ0n) is 5.05. The number of hydrogen-bond donors (Lipinski definition) is 0. The fourth-order valence-corrected chi connectivity index (χ4v) is 0.449. The molecule has 0 spiro atoms. The van der Waals surface area contributed by atoms with Crippen LogP contribution >= 0.6 is 0 Å². The van der Waals surface area contributed by atoms with Gasteiger partial charge in [-0.1, -0.05) is 6.92 Å². The molecule has 0 heterocycles. The lowest BCUT2D eigenvalue weighted by Gasteiger charge is -1.97. The van der Waals surface area contributed by atoms with E-state index in [4.69, 9.17) is 6.42 Å². The third-order valence-electron chi connectivity index (χ3n) is 0.965. The number of carbonyl (C=O) groups is 1. The van der Waals surface area contributed by atoms with Gasteiger partial charge in [0.15, 0.2) is 0 Å². The first-order valence-corrected chi connectivity index (χ1v) is 2.68. The van der Waals surface area contributed by atoms with Gasteiger partial charge in [0.1, 0.15) is 6.29 Å². The SMILES string of the molecule is C#CCC(C)CC=O. The van der Waals surface area contributed by atoms with Gasteiger partial charge in [-0.2, -0.15) is 0 Å². The van der Waals surface area contributed by atoms with Crippen molar-refractivity contribution in [2.24, 2.45) is 5.92 Å². The van der Waals surface area contributed by atoms with Crippen LogP contribution in [0.5, 0.6) is 0 Å². The van der Waals surface area contributed by atoms with Gasteiger partial charge in [-0.15, -0.1) is 12.3 Å². The van der Waals surface area contributed by atoms with Crippen LogP contribution in [0.1, 0.15) is 19.8 Å². The van der Waals surface area contributed by atoms with Gasteiger partial charge >= 0.3 is 0 Å². The Balaban J connectivity index is 3.20. The quantitative estimate of drug-likeness (QED) is 0.394. The normalized spacial score (nSPS) is 12.0. The highest BCUT2D eigenvalue weighted by atomic mass is 16.1. The lowest BCUT2D eigenvalue weighted by Crippen LogP contribution is -1.91. The van der Waals surface area contributed by atoms with E-state index in [-0.39, 0.29) is 0 Å². The van der Waals surface area contributed by atoms with Crippen LogP contribution in [0, 0.1) is 18.3 Å². The van der Waals surface area contributed by atoms with Crippen molar-refractivity contribution in [3.8, 4) is 12.3 Å². The summed E-state index contributed by atoms with van der Waals surface area (Å²) in [4.78, 5) is 9.82. The Morgan fingerprint density at radius 3 is 2.88 bits per heavy atom. The Kier molecular flexibility index (Phi) is 3.97. The third-order valence-corrected chi connectivity index (χ3v) is 0.965. The van der Waals surface area contributed by atoms with Crippen molar-refractivity contribution < 1.29 is 4.79 Å². The van der Waals surface area contributed by atoms with E-state index in [1.54, 1.807) is 0 Å². The number of terminal acetylenes is 1. The number of carbonyl (C=O) groups excluding carboxylic acids is 1. The van der Waals surface area contributed by atoms with E-state index in [1.807, 2.05) is 6.92 Å². The second kappa shape index (κ2) is 4.39. The first-order valence-electron chi connectivity index (χ1n) is 2.68. The average Bonchev–Trinajstić information content (AvgIpc) is 1.68. The summed E-state index contributed by atoms with van der Waals surface area (Å²) in [6, 6.07) is 0. The molecule has 0 saturated carbocycles. The van der Waals surface area contributed by atoms with Crippen molar-refractivity contribution in [1.29, 1.82) is 0 Å². The van der Waals surface area contributed by atoms with Crippen LogP contribution in [0.3, 0.4) is 0 Å². The van der Waals surface area contributed by atoms with Gasteiger partial charge in [0.05, 0.1) is 0 Å². The smallest absolute Gasteiger partial charge is 0.120 e. The van der Waals surface area contributed by atoms with Gasteiger partial charge in [0.2, 0.25) is 0 Å². The van der Waals surface area contributed by atoms with E-state index < -0.39 is 0 Å². The fourth-order valence-electron chi connectivity index (χ4n) is 0.449. The first kappa shape index (κ1) is 7.23. The zero-order valence-corrected chi connectivity index (χ0v) is 5.05. The molecule has 0 fully saturated rings. The molecule has 0 rings (SSSR count).